The first kappa shape index (κ1) is 27.1. The van der Waals surface area contributed by atoms with E-state index in [0.29, 0.717) is 4.68 Å². The molecule has 2 aliphatic carbocycles. The van der Waals surface area contributed by atoms with Gasteiger partial charge in [0, 0.05) is 56.5 Å². The molecule has 0 aromatic carbocycles. The highest BCUT2D eigenvalue weighted by Gasteiger charge is 2.56. The van der Waals surface area contributed by atoms with Gasteiger partial charge in [-0.25, -0.2) is 26.6 Å². The van der Waals surface area contributed by atoms with Crippen LogP contribution in [0.5, 0.6) is 0 Å². The minimum absolute atomic E-state index is 0.100. The van der Waals surface area contributed by atoms with E-state index in [1.165, 1.54) is 6.92 Å². The highest BCUT2D eigenvalue weighted by molar-refractivity contribution is 7.91. The van der Waals surface area contributed by atoms with Crippen LogP contribution in [0.2, 0.25) is 0 Å². The standard InChI is InChI=1S/C21H22F7N5O3S/c1-18(8-20(24,25)9-18)10-32-16(14(21(26,27)28)15(31-32)11-6-19(22,23)7-11)17(34)30-12-3-4-33(35)13(5-12)37(2,29)36/h3-5,11,29H,6-10H2,1-2H3,(H,30,34). The van der Waals surface area contributed by atoms with Crippen molar-refractivity contribution < 1.29 is 44.5 Å². The number of pyridine rings is 1. The number of rotatable bonds is 6. The van der Waals surface area contributed by atoms with Crippen LogP contribution in [0.15, 0.2) is 23.4 Å². The summed E-state index contributed by atoms with van der Waals surface area (Å²) in [6, 6.07) is 1.85. The van der Waals surface area contributed by atoms with Crippen LogP contribution in [-0.2, 0) is 22.5 Å². The fourth-order valence-electron chi connectivity index (χ4n) is 4.93. The van der Waals surface area contributed by atoms with Crippen molar-refractivity contribution in [3.05, 3.63) is 40.5 Å². The third-order valence-corrected chi connectivity index (χ3v) is 7.50. The van der Waals surface area contributed by atoms with Gasteiger partial charge in [0.25, 0.3) is 10.9 Å². The van der Waals surface area contributed by atoms with E-state index in [1.807, 2.05) is 0 Å². The minimum atomic E-state index is -5.20. The van der Waals surface area contributed by atoms with Gasteiger partial charge in [0.1, 0.15) is 21.0 Å². The molecule has 1 atom stereocenters. The molecule has 4 rings (SSSR count). The van der Waals surface area contributed by atoms with Gasteiger partial charge in [0.2, 0.25) is 11.8 Å². The first-order chi connectivity index (χ1) is 16.7. The molecule has 16 heteroatoms. The quantitative estimate of drug-likeness (QED) is 0.303. The second-order valence-corrected chi connectivity index (χ2v) is 12.2. The SMILES string of the molecule is CC1(Cn2nc(C3CC(F)(F)C3)c(C(F)(F)F)c2C(=O)Nc2cc[n+]([O-])c(S(C)(=N)=O)c2)CC(F)(F)C1. The molecule has 1 unspecified atom stereocenters. The molecule has 0 saturated heterocycles. The third-order valence-electron chi connectivity index (χ3n) is 6.40. The molecule has 0 aliphatic heterocycles. The molecule has 1 amide bonds. The summed E-state index contributed by atoms with van der Waals surface area (Å²) >= 11 is 0. The number of carbonyl (C=O) groups is 1. The van der Waals surface area contributed by atoms with Crippen molar-refractivity contribution in [3.63, 3.8) is 0 Å². The molecular weight excluding hydrogens is 535 g/mol. The molecule has 0 spiro atoms. The first-order valence-electron chi connectivity index (χ1n) is 10.9. The zero-order valence-electron chi connectivity index (χ0n) is 19.5. The Morgan fingerprint density at radius 2 is 1.86 bits per heavy atom. The van der Waals surface area contributed by atoms with E-state index < -0.39 is 99.2 Å². The van der Waals surface area contributed by atoms with E-state index >= 15 is 0 Å². The van der Waals surface area contributed by atoms with Crippen LogP contribution in [0.25, 0.3) is 0 Å². The molecule has 2 aliphatic rings. The Hall–Kier alpha value is -2.91. The average molecular weight is 557 g/mol. The zero-order valence-corrected chi connectivity index (χ0v) is 20.3. The lowest BCUT2D eigenvalue weighted by atomic mass is 9.67. The van der Waals surface area contributed by atoms with Crippen LogP contribution in [0.1, 0.15) is 60.3 Å². The van der Waals surface area contributed by atoms with Gasteiger partial charge in [-0.15, -0.1) is 0 Å². The van der Waals surface area contributed by atoms with E-state index in [0.717, 1.165) is 24.6 Å². The van der Waals surface area contributed by atoms with E-state index in [9.17, 15) is 44.9 Å². The molecule has 2 saturated carbocycles. The number of aromatic nitrogens is 3. The number of anilines is 1. The van der Waals surface area contributed by atoms with Crippen molar-refractivity contribution in [2.45, 2.75) is 68.1 Å². The fourth-order valence-corrected chi connectivity index (χ4v) is 5.69. The summed E-state index contributed by atoms with van der Waals surface area (Å²) in [7, 11) is -3.58. The van der Waals surface area contributed by atoms with Gasteiger partial charge in [-0.05, 0) is 5.41 Å². The lowest BCUT2D eigenvalue weighted by molar-refractivity contribution is -0.646. The fraction of sp³-hybridized carbons (Fsp3) is 0.571. The smallest absolute Gasteiger partial charge is 0.420 e. The molecule has 37 heavy (non-hydrogen) atoms. The average Bonchev–Trinajstić information content (AvgIpc) is 3.03. The summed E-state index contributed by atoms with van der Waals surface area (Å²) in [4.78, 5) is 13.2. The van der Waals surface area contributed by atoms with Crippen molar-refractivity contribution in [2.24, 2.45) is 5.41 Å². The summed E-state index contributed by atoms with van der Waals surface area (Å²) in [5.74, 6) is -8.92. The van der Waals surface area contributed by atoms with Crippen molar-refractivity contribution in [1.29, 1.82) is 4.78 Å². The number of nitrogens with one attached hydrogen (secondary N) is 2. The maximum absolute atomic E-state index is 14.2. The summed E-state index contributed by atoms with van der Waals surface area (Å²) in [5, 5.41) is 17.3. The Kier molecular flexibility index (Phi) is 6.08. The van der Waals surface area contributed by atoms with Gasteiger partial charge in [-0.1, -0.05) is 6.92 Å². The Labute approximate surface area is 206 Å². The highest BCUT2D eigenvalue weighted by Crippen LogP contribution is 2.54. The molecule has 0 radical (unpaired) electrons. The summed E-state index contributed by atoms with van der Waals surface area (Å²) in [5.41, 5.74) is -4.85. The number of nitrogens with zero attached hydrogens (tertiary/aromatic N) is 3. The van der Waals surface area contributed by atoms with Crippen molar-refractivity contribution in [2.75, 3.05) is 11.6 Å². The number of hydrogen-bond donors (Lipinski definition) is 2. The van der Waals surface area contributed by atoms with E-state index in [4.69, 9.17) is 4.78 Å². The normalized spacial score (nSPS) is 22.0. The second kappa shape index (κ2) is 8.30. The molecule has 204 valence electrons. The third kappa shape index (κ3) is 5.38. The largest absolute Gasteiger partial charge is 0.618 e. The topological polar surface area (TPSA) is 115 Å². The van der Waals surface area contributed by atoms with Crippen molar-refractivity contribution in [1.82, 2.24) is 9.78 Å². The monoisotopic (exact) mass is 557 g/mol. The number of alkyl halides is 7. The molecule has 2 N–H and O–H groups in total. The number of amides is 1. The van der Waals surface area contributed by atoms with Gasteiger partial charge in [-0.3, -0.25) is 9.48 Å². The molecular formula is C21H22F7N5O3S. The van der Waals surface area contributed by atoms with E-state index in [1.54, 1.807) is 0 Å². The van der Waals surface area contributed by atoms with Gasteiger partial charge < -0.3 is 10.5 Å². The zero-order chi connectivity index (χ0) is 27.8. The van der Waals surface area contributed by atoms with Gasteiger partial charge in [0.15, 0.2) is 6.20 Å². The summed E-state index contributed by atoms with van der Waals surface area (Å²) in [6.45, 7) is 0.883. The first-order valence-corrected chi connectivity index (χ1v) is 12.9. The van der Waals surface area contributed by atoms with Crippen LogP contribution in [0.4, 0.5) is 36.4 Å². The molecule has 2 heterocycles. The van der Waals surface area contributed by atoms with Crippen LogP contribution in [-0.4, -0.2) is 38.0 Å². The number of halogens is 7. The second-order valence-electron chi connectivity index (χ2n) is 10.1. The maximum atomic E-state index is 14.2. The molecule has 2 aromatic heterocycles. The highest BCUT2D eigenvalue weighted by atomic mass is 32.2. The Morgan fingerprint density at radius 1 is 1.27 bits per heavy atom. The van der Waals surface area contributed by atoms with E-state index in [2.05, 4.69) is 10.4 Å². The van der Waals surface area contributed by atoms with Crippen LogP contribution < -0.4 is 10.0 Å². The van der Waals surface area contributed by atoms with Crippen molar-refractivity contribution >= 4 is 21.3 Å². The van der Waals surface area contributed by atoms with Crippen LogP contribution >= 0.6 is 0 Å². The van der Waals surface area contributed by atoms with Gasteiger partial charge in [-0.2, -0.15) is 23.0 Å². The number of hydrogen-bond acceptors (Lipinski definition) is 5. The number of carbonyl (C=O) groups excluding carboxylic acids is 1. The Bertz CT molecular complexity index is 1360. The predicted octanol–water partition coefficient (Wildman–Crippen LogP) is 4.77. The lowest BCUT2D eigenvalue weighted by Gasteiger charge is -2.44. The van der Waals surface area contributed by atoms with Gasteiger partial charge >= 0.3 is 6.18 Å². The molecule has 2 fully saturated rings. The van der Waals surface area contributed by atoms with Crippen LogP contribution in [0.3, 0.4) is 0 Å². The Morgan fingerprint density at radius 3 is 2.35 bits per heavy atom. The van der Waals surface area contributed by atoms with Crippen molar-refractivity contribution in [3.8, 4) is 0 Å². The van der Waals surface area contributed by atoms with Crippen LogP contribution in [0, 0.1) is 15.4 Å². The molecule has 2 aromatic rings. The molecule has 0 bridgehead atoms. The maximum Gasteiger partial charge on any atom is 0.420 e. The predicted molar refractivity (Wildman–Crippen MR) is 115 cm³/mol. The van der Waals surface area contributed by atoms with Gasteiger partial charge in [0.05, 0.1) is 11.4 Å². The Balaban J connectivity index is 1.79. The molecule has 8 nitrogen and oxygen atoms in total. The summed E-state index contributed by atoms with van der Waals surface area (Å²) in [6.07, 6.45) is -6.64. The minimum Gasteiger partial charge on any atom is -0.618 e. The summed E-state index contributed by atoms with van der Waals surface area (Å²) < 4.78 is 117. The lowest BCUT2D eigenvalue weighted by Crippen LogP contribution is -2.47. The van der Waals surface area contributed by atoms with E-state index in [-0.39, 0.29) is 10.4 Å².